The molecular formula is C18H31NOS. The van der Waals surface area contributed by atoms with Crippen molar-refractivity contribution in [3.63, 3.8) is 0 Å². The van der Waals surface area contributed by atoms with Crippen LogP contribution < -0.4 is 5.32 Å². The maximum absolute atomic E-state index is 9.54. The van der Waals surface area contributed by atoms with E-state index in [9.17, 15) is 5.11 Å². The first kappa shape index (κ1) is 18.5. The van der Waals surface area contributed by atoms with Crippen LogP contribution in [0, 0.1) is 13.8 Å². The summed E-state index contributed by atoms with van der Waals surface area (Å²) >= 11 is 1.99. The Morgan fingerprint density at radius 1 is 1.19 bits per heavy atom. The van der Waals surface area contributed by atoms with E-state index >= 15 is 0 Å². The largest absolute Gasteiger partial charge is 0.394 e. The zero-order valence-corrected chi connectivity index (χ0v) is 14.9. The molecule has 0 spiro atoms. The second-order valence-electron chi connectivity index (χ2n) is 6.30. The van der Waals surface area contributed by atoms with Gasteiger partial charge < -0.3 is 10.4 Å². The number of thioether (sulfide) groups is 1. The van der Waals surface area contributed by atoms with Gasteiger partial charge in [0, 0.05) is 11.3 Å². The molecule has 3 heteroatoms. The molecule has 0 fully saturated rings. The van der Waals surface area contributed by atoms with Crippen molar-refractivity contribution in [2.24, 2.45) is 0 Å². The predicted octanol–water partition coefficient (Wildman–Crippen LogP) is 4.07. The summed E-state index contributed by atoms with van der Waals surface area (Å²) in [6.45, 7) is 9.80. The fourth-order valence-corrected chi connectivity index (χ4v) is 3.45. The van der Waals surface area contributed by atoms with E-state index in [1.165, 1.54) is 16.7 Å². The van der Waals surface area contributed by atoms with Gasteiger partial charge in [0.1, 0.15) is 0 Å². The Bertz CT molecular complexity index is 401. The van der Waals surface area contributed by atoms with Crippen LogP contribution >= 0.6 is 11.8 Å². The molecule has 0 bridgehead atoms. The number of nitrogens with one attached hydrogen (secondary N) is 1. The summed E-state index contributed by atoms with van der Waals surface area (Å²) in [4.78, 5) is 0. The van der Waals surface area contributed by atoms with E-state index in [1.807, 2.05) is 11.8 Å². The van der Waals surface area contributed by atoms with Gasteiger partial charge in [-0.3, -0.25) is 0 Å². The van der Waals surface area contributed by atoms with E-state index in [4.69, 9.17) is 0 Å². The smallest absolute Gasteiger partial charge is 0.0610 e. The van der Waals surface area contributed by atoms with Crippen LogP contribution in [0.1, 0.15) is 49.8 Å². The molecule has 2 N–H and O–H groups in total. The standard InChI is InChI=1S/C18H31NOS/c1-5-8-19-18(4,14-20)7-6-9-21-13-17-11-15(2)10-16(3)12-17/h10-12,19-20H,5-9,13-14H2,1-4H3. The molecule has 0 saturated carbocycles. The van der Waals surface area contributed by atoms with E-state index in [0.29, 0.717) is 0 Å². The summed E-state index contributed by atoms with van der Waals surface area (Å²) in [5, 5.41) is 13.0. The molecule has 0 saturated heterocycles. The molecule has 0 aliphatic rings. The molecule has 120 valence electrons. The van der Waals surface area contributed by atoms with Crippen molar-refractivity contribution in [2.75, 3.05) is 18.9 Å². The number of hydrogen-bond acceptors (Lipinski definition) is 3. The highest BCUT2D eigenvalue weighted by Gasteiger charge is 2.21. The summed E-state index contributed by atoms with van der Waals surface area (Å²) < 4.78 is 0. The number of aryl methyl sites for hydroxylation is 2. The van der Waals surface area contributed by atoms with E-state index in [-0.39, 0.29) is 12.1 Å². The van der Waals surface area contributed by atoms with E-state index < -0.39 is 0 Å². The highest BCUT2D eigenvalue weighted by molar-refractivity contribution is 7.98. The van der Waals surface area contributed by atoms with Crippen molar-refractivity contribution in [1.82, 2.24) is 5.32 Å². The van der Waals surface area contributed by atoms with Crippen LogP contribution in [0.5, 0.6) is 0 Å². The molecule has 1 aromatic rings. The molecule has 1 unspecified atom stereocenters. The topological polar surface area (TPSA) is 32.3 Å². The van der Waals surface area contributed by atoms with Gasteiger partial charge in [-0.15, -0.1) is 0 Å². The lowest BCUT2D eigenvalue weighted by molar-refractivity contribution is 0.165. The van der Waals surface area contributed by atoms with Crippen LogP contribution in [0.4, 0.5) is 0 Å². The van der Waals surface area contributed by atoms with Crippen LogP contribution in [0.3, 0.4) is 0 Å². The molecule has 0 amide bonds. The van der Waals surface area contributed by atoms with Crippen LogP contribution in [0.15, 0.2) is 18.2 Å². The summed E-state index contributed by atoms with van der Waals surface area (Å²) in [5.41, 5.74) is 4.01. The highest BCUT2D eigenvalue weighted by atomic mass is 32.2. The number of benzene rings is 1. The van der Waals surface area contributed by atoms with E-state index in [2.05, 4.69) is 51.2 Å². The lowest BCUT2D eigenvalue weighted by Crippen LogP contribution is -2.46. The lowest BCUT2D eigenvalue weighted by atomic mass is 9.97. The minimum atomic E-state index is -0.115. The minimum absolute atomic E-state index is 0.115. The summed E-state index contributed by atoms with van der Waals surface area (Å²) in [5.74, 6) is 2.23. The molecule has 0 aliphatic heterocycles. The Labute approximate surface area is 134 Å². The third-order valence-corrected chi connectivity index (χ3v) is 4.83. The van der Waals surface area contributed by atoms with Gasteiger partial charge in [0.25, 0.3) is 0 Å². The molecule has 1 rings (SSSR count). The van der Waals surface area contributed by atoms with Crippen molar-refractivity contribution in [1.29, 1.82) is 0 Å². The van der Waals surface area contributed by atoms with Crippen LogP contribution in [-0.4, -0.2) is 29.5 Å². The SMILES string of the molecule is CCCNC(C)(CO)CCCSCc1cc(C)cc(C)c1. The van der Waals surface area contributed by atoms with Crippen LogP contribution in [0.2, 0.25) is 0 Å². The monoisotopic (exact) mass is 309 g/mol. The quantitative estimate of drug-likeness (QED) is 0.639. The molecule has 0 radical (unpaired) electrons. The van der Waals surface area contributed by atoms with Gasteiger partial charge in [-0.1, -0.05) is 36.2 Å². The van der Waals surface area contributed by atoms with Gasteiger partial charge in [0.2, 0.25) is 0 Å². The minimum Gasteiger partial charge on any atom is -0.394 e. The Balaban J connectivity index is 2.27. The maximum Gasteiger partial charge on any atom is 0.0610 e. The highest BCUT2D eigenvalue weighted by Crippen LogP contribution is 2.19. The van der Waals surface area contributed by atoms with Crippen LogP contribution in [0.25, 0.3) is 0 Å². The summed E-state index contributed by atoms with van der Waals surface area (Å²) in [6, 6.07) is 6.78. The molecule has 0 aromatic heterocycles. The fraction of sp³-hybridized carbons (Fsp3) is 0.667. The van der Waals surface area contributed by atoms with Gasteiger partial charge in [0.15, 0.2) is 0 Å². The van der Waals surface area contributed by atoms with Gasteiger partial charge in [-0.05, 0) is 57.9 Å². The Morgan fingerprint density at radius 3 is 2.43 bits per heavy atom. The van der Waals surface area contributed by atoms with Crippen LogP contribution in [-0.2, 0) is 5.75 Å². The van der Waals surface area contributed by atoms with E-state index in [1.54, 1.807) is 0 Å². The number of rotatable bonds is 10. The number of aliphatic hydroxyl groups is 1. The first-order valence-corrected chi connectivity index (χ1v) is 9.15. The van der Waals surface area contributed by atoms with Gasteiger partial charge in [-0.25, -0.2) is 0 Å². The molecular weight excluding hydrogens is 278 g/mol. The zero-order valence-electron chi connectivity index (χ0n) is 14.0. The number of aliphatic hydroxyl groups excluding tert-OH is 1. The Morgan fingerprint density at radius 2 is 1.86 bits per heavy atom. The summed E-state index contributed by atoms with van der Waals surface area (Å²) in [6.07, 6.45) is 3.28. The van der Waals surface area contributed by atoms with Gasteiger partial charge >= 0.3 is 0 Å². The second kappa shape index (κ2) is 9.50. The molecule has 1 atom stereocenters. The molecule has 2 nitrogen and oxygen atoms in total. The molecule has 21 heavy (non-hydrogen) atoms. The maximum atomic E-state index is 9.54. The Hall–Kier alpha value is -0.510. The first-order valence-electron chi connectivity index (χ1n) is 8.00. The van der Waals surface area contributed by atoms with E-state index in [0.717, 1.165) is 37.3 Å². The average molecular weight is 310 g/mol. The second-order valence-corrected chi connectivity index (χ2v) is 7.40. The first-order chi connectivity index (χ1) is 9.99. The molecule has 1 aromatic carbocycles. The van der Waals surface area contributed by atoms with Crippen molar-refractivity contribution in [3.8, 4) is 0 Å². The van der Waals surface area contributed by atoms with Crippen molar-refractivity contribution < 1.29 is 5.11 Å². The average Bonchev–Trinajstić information content (AvgIpc) is 2.44. The third-order valence-electron chi connectivity index (χ3n) is 3.72. The van der Waals surface area contributed by atoms with Crippen molar-refractivity contribution in [2.45, 2.75) is 58.2 Å². The van der Waals surface area contributed by atoms with Gasteiger partial charge in [-0.2, -0.15) is 11.8 Å². The zero-order chi connectivity index (χ0) is 15.7. The summed E-state index contributed by atoms with van der Waals surface area (Å²) in [7, 11) is 0. The molecule has 0 heterocycles. The third kappa shape index (κ3) is 7.35. The normalized spacial score (nSPS) is 14.1. The number of hydrogen-bond donors (Lipinski definition) is 2. The van der Waals surface area contributed by atoms with Gasteiger partial charge in [0.05, 0.1) is 6.61 Å². The fourth-order valence-electron chi connectivity index (χ4n) is 2.56. The van der Waals surface area contributed by atoms with Crippen molar-refractivity contribution in [3.05, 3.63) is 34.9 Å². The van der Waals surface area contributed by atoms with Crippen molar-refractivity contribution >= 4 is 11.8 Å². The Kier molecular flexibility index (Phi) is 8.38. The lowest BCUT2D eigenvalue weighted by Gasteiger charge is -2.28. The molecule has 0 aliphatic carbocycles. The predicted molar refractivity (Wildman–Crippen MR) is 95.1 cm³/mol.